The van der Waals surface area contributed by atoms with Gasteiger partial charge in [0, 0.05) is 24.3 Å². The molecule has 0 N–H and O–H groups in total. The number of hydrogen-bond acceptors (Lipinski definition) is 4. The van der Waals surface area contributed by atoms with Gasteiger partial charge in [-0.3, -0.25) is 0 Å². The van der Waals surface area contributed by atoms with Crippen LogP contribution < -0.4 is 4.90 Å². The van der Waals surface area contributed by atoms with Gasteiger partial charge in [0.05, 0.1) is 23.7 Å². The van der Waals surface area contributed by atoms with Crippen LogP contribution in [-0.4, -0.2) is 35.6 Å². The van der Waals surface area contributed by atoms with Crippen LogP contribution in [0.1, 0.15) is 29.6 Å². The Morgan fingerprint density at radius 1 is 1.21 bits per heavy atom. The number of ether oxygens (including phenoxy) is 1. The predicted octanol–water partition coefficient (Wildman–Crippen LogP) is 3.92. The van der Waals surface area contributed by atoms with E-state index >= 15 is 0 Å². The van der Waals surface area contributed by atoms with Gasteiger partial charge in [0.15, 0.2) is 5.82 Å². The molecular weight excluding hydrogens is 326 g/mol. The fourth-order valence-electron chi connectivity index (χ4n) is 3.41. The number of methoxy groups -OCH3 is 1. The normalized spacial score (nSPS) is 15.2. The fraction of sp³-hybridized carbons (Fsp3) is 0.333. The molecule has 1 aromatic carbocycles. The summed E-state index contributed by atoms with van der Waals surface area (Å²) in [6.45, 7) is 1.90. The van der Waals surface area contributed by atoms with Gasteiger partial charge in [-0.25, -0.2) is 9.78 Å². The molecule has 0 bridgehead atoms. The summed E-state index contributed by atoms with van der Waals surface area (Å²) in [6.07, 6.45) is 5.40. The highest BCUT2D eigenvalue weighted by atomic mass is 35.5. The molecule has 0 amide bonds. The van der Waals surface area contributed by atoms with Gasteiger partial charge in [0.2, 0.25) is 0 Å². The highest BCUT2D eigenvalue weighted by Crippen LogP contribution is 2.31. The molecule has 0 radical (unpaired) electrons. The Morgan fingerprint density at radius 3 is 2.75 bits per heavy atom. The van der Waals surface area contributed by atoms with E-state index in [1.165, 1.54) is 13.5 Å². The SMILES string of the molecule is COC(=O)c1ccn2c1c(N1CCCCC1)nc1ccc(Cl)cc12. The maximum atomic E-state index is 12.2. The van der Waals surface area contributed by atoms with E-state index in [9.17, 15) is 4.79 Å². The van der Waals surface area contributed by atoms with E-state index in [0.717, 1.165) is 48.3 Å². The van der Waals surface area contributed by atoms with E-state index in [4.69, 9.17) is 21.3 Å². The number of esters is 1. The van der Waals surface area contributed by atoms with Gasteiger partial charge in [-0.15, -0.1) is 0 Å². The molecule has 1 aliphatic heterocycles. The number of hydrogen-bond donors (Lipinski definition) is 0. The van der Waals surface area contributed by atoms with E-state index in [0.29, 0.717) is 10.6 Å². The molecule has 2 aromatic heterocycles. The largest absolute Gasteiger partial charge is 0.465 e. The maximum absolute atomic E-state index is 12.2. The summed E-state index contributed by atoms with van der Waals surface area (Å²) < 4.78 is 6.95. The van der Waals surface area contributed by atoms with Crippen LogP contribution in [0, 0.1) is 0 Å². The molecule has 6 heteroatoms. The number of benzene rings is 1. The number of fused-ring (bicyclic) bond motifs is 3. The standard InChI is InChI=1S/C18H18ClN3O2/c1-24-18(23)13-7-10-22-15-11-12(19)5-6-14(15)20-17(16(13)22)21-8-3-2-4-9-21/h5-7,10-11H,2-4,8-9H2,1H3. The van der Waals surface area contributed by atoms with Gasteiger partial charge in [-0.05, 0) is 43.5 Å². The Bertz CT molecular complexity index is 929. The lowest BCUT2D eigenvalue weighted by molar-refractivity contribution is 0.0603. The van der Waals surface area contributed by atoms with Gasteiger partial charge >= 0.3 is 5.97 Å². The average Bonchev–Trinajstić information content (AvgIpc) is 3.06. The number of carbonyl (C=O) groups excluding carboxylic acids is 1. The van der Waals surface area contributed by atoms with E-state index in [2.05, 4.69) is 4.90 Å². The van der Waals surface area contributed by atoms with Crippen LogP contribution in [0.4, 0.5) is 5.82 Å². The van der Waals surface area contributed by atoms with Crippen molar-refractivity contribution in [2.45, 2.75) is 19.3 Å². The summed E-state index contributed by atoms with van der Waals surface area (Å²) in [6, 6.07) is 7.42. The summed E-state index contributed by atoms with van der Waals surface area (Å²) in [4.78, 5) is 19.3. The van der Waals surface area contributed by atoms with Crippen LogP contribution in [0.15, 0.2) is 30.5 Å². The number of nitrogens with zero attached hydrogens (tertiary/aromatic N) is 3. The monoisotopic (exact) mass is 343 g/mol. The molecule has 4 rings (SSSR count). The van der Waals surface area contributed by atoms with Crippen LogP contribution in [0.2, 0.25) is 5.02 Å². The Morgan fingerprint density at radius 2 is 2.00 bits per heavy atom. The first-order chi connectivity index (χ1) is 11.7. The molecule has 3 aromatic rings. The zero-order chi connectivity index (χ0) is 16.7. The molecule has 0 unspecified atom stereocenters. The molecule has 1 saturated heterocycles. The van der Waals surface area contributed by atoms with Crippen molar-refractivity contribution in [3.8, 4) is 0 Å². The number of anilines is 1. The number of carbonyl (C=O) groups is 1. The summed E-state index contributed by atoms with van der Waals surface area (Å²) in [7, 11) is 1.40. The number of piperidine rings is 1. The molecule has 0 aliphatic carbocycles. The molecule has 0 atom stereocenters. The van der Waals surface area contributed by atoms with Crippen molar-refractivity contribution in [1.29, 1.82) is 0 Å². The van der Waals surface area contributed by atoms with Crippen molar-refractivity contribution < 1.29 is 9.53 Å². The van der Waals surface area contributed by atoms with Crippen LogP contribution >= 0.6 is 11.6 Å². The second-order valence-corrected chi connectivity index (χ2v) is 6.49. The molecule has 0 saturated carbocycles. The third kappa shape index (κ3) is 2.40. The fourth-order valence-corrected chi connectivity index (χ4v) is 3.58. The summed E-state index contributed by atoms with van der Waals surface area (Å²) in [5.74, 6) is 0.494. The minimum atomic E-state index is -0.348. The maximum Gasteiger partial charge on any atom is 0.340 e. The Hall–Kier alpha value is -2.27. The number of aromatic nitrogens is 2. The van der Waals surface area contributed by atoms with Gasteiger partial charge in [-0.1, -0.05) is 11.6 Å². The van der Waals surface area contributed by atoms with E-state index in [-0.39, 0.29) is 5.97 Å². The summed E-state index contributed by atoms with van der Waals surface area (Å²) in [5.41, 5.74) is 3.07. The van der Waals surface area contributed by atoms with Gasteiger partial charge in [-0.2, -0.15) is 0 Å². The van der Waals surface area contributed by atoms with Crippen LogP contribution in [0.25, 0.3) is 16.6 Å². The minimum absolute atomic E-state index is 0.348. The van der Waals surface area contributed by atoms with E-state index in [1.807, 2.05) is 28.8 Å². The highest BCUT2D eigenvalue weighted by Gasteiger charge is 2.23. The second kappa shape index (κ2) is 5.98. The van der Waals surface area contributed by atoms with Crippen molar-refractivity contribution in [2.24, 2.45) is 0 Å². The lowest BCUT2D eigenvalue weighted by Gasteiger charge is -2.29. The Labute approximate surface area is 144 Å². The van der Waals surface area contributed by atoms with Crippen molar-refractivity contribution in [1.82, 2.24) is 9.38 Å². The lowest BCUT2D eigenvalue weighted by atomic mass is 10.1. The molecule has 1 aliphatic rings. The minimum Gasteiger partial charge on any atom is -0.465 e. The zero-order valence-corrected chi connectivity index (χ0v) is 14.2. The van der Waals surface area contributed by atoms with Crippen molar-refractivity contribution in [2.75, 3.05) is 25.1 Å². The van der Waals surface area contributed by atoms with E-state index in [1.54, 1.807) is 6.07 Å². The molecule has 1 fully saturated rings. The van der Waals surface area contributed by atoms with E-state index < -0.39 is 0 Å². The third-order valence-electron chi connectivity index (χ3n) is 4.58. The Kier molecular flexibility index (Phi) is 3.81. The molecule has 3 heterocycles. The second-order valence-electron chi connectivity index (χ2n) is 6.06. The lowest BCUT2D eigenvalue weighted by Crippen LogP contribution is -2.30. The summed E-state index contributed by atoms with van der Waals surface area (Å²) >= 11 is 6.16. The highest BCUT2D eigenvalue weighted by molar-refractivity contribution is 6.31. The third-order valence-corrected chi connectivity index (χ3v) is 4.82. The van der Waals surface area contributed by atoms with Crippen molar-refractivity contribution in [3.05, 3.63) is 41.0 Å². The zero-order valence-electron chi connectivity index (χ0n) is 13.5. The Balaban J connectivity index is 2.04. The molecule has 5 nitrogen and oxygen atoms in total. The molecule has 0 spiro atoms. The first kappa shape index (κ1) is 15.3. The molecular formula is C18H18ClN3O2. The number of halogens is 1. The van der Waals surface area contributed by atoms with Crippen LogP contribution in [0.3, 0.4) is 0 Å². The smallest absolute Gasteiger partial charge is 0.340 e. The summed E-state index contributed by atoms with van der Waals surface area (Å²) in [5, 5.41) is 0.643. The molecule has 124 valence electrons. The van der Waals surface area contributed by atoms with Gasteiger partial charge in [0.1, 0.15) is 5.52 Å². The van der Waals surface area contributed by atoms with Gasteiger partial charge < -0.3 is 14.0 Å². The van der Waals surface area contributed by atoms with Crippen molar-refractivity contribution >= 4 is 39.9 Å². The van der Waals surface area contributed by atoms with Crippen LogP contribution in [0.5, 0.6) is 0 Å². The quantitative estimate of drug-likeness (QED) is 0.662. The van der Waals surface area contributed by atoms with Crippen molar-refractivity contribution in [3.63, 3.8) is 0 Å². The topological polar surface area (TPSA) is 46.8 Å². The van der Waals surface area contributed by atoms with Gasteiger partial charge in [0.25, 0.3) is 0 Å². The first-order valence-corrected chi connectivity index (χ1v) is 8.50. The first-order valence-electron chi connectivity index (χ1n) is 8.12. The average molecular weight is 344 g/mol. The number of rotatable bonds is 2. The predicted molar refractivity (Wildman–Crippen MR) is 95.1 cm³/mol. The molecule has 24 heavy (non-hydrogen) atoms. The van der Waals surface area contributed by atoms with Crippen LogP contribution in [-0.2, 0) is 4.74 Å².